The van der Waals surface area contributed by atoms with Crippen molar-refractivity contribution in [1.29, 1.82) is 0 Å². The number of rotatable bonds is 1. The van der Waals surface area contributed by atoms with Crippen molar-refractivity contribution in [1.82, 2.24) is 4.90 Å². The molecule has 0 saturated heterocycles. The van der Waals surface area contributed by atoms with Gasteiger partial charge in [-0.15, -0.1) is 11.3 Å². The summed E-state index contributed by atoms with van der Waals surface area (Å²) >= 11 is 1.90. The zero-order chi connectivity index (χ0) is 13.7. The summed E-state index contributed by atoms with van der Waals surface area (Å²) in [4.78, 5) is 4.14. The molecule has 2 aliphatic heterocycles. The fourth-order valence-corrected chi connectivity index (χ4v) is 4.51. The van der Waals surface area contributed by atoms with Crippen LogP contribution < -0.4 is 10.5 Å². The first kappa shape index (κ1) is 12.2. The van der Waals surface area contributed by atoms with Crippen molar-refractivity contribution in [3.8, 4) is 5.75 Å². The number of methoxy groups -OCH3 is 1. The summed E-state index contributed by atoms with van der Waals surface area (Å²) in [5.74, 6) is 0.872. The molecule has 0 radical (unpaired) electrons. The van der Waals surface area contributed by atoms with Gasteiger partial charge in [0.05, 0.1) is 12.8 Å². The largest absolute Gasteiger partial charge is 0.494 e. The lowest BCUT2D eigenvalue weighted by Crippen LogP contribution is -2.38. The van der Waals surface area contributed by atoms with Crippen LogP contribution >= 0.6 is 11.3 Å². The van der Waals surface area contributed by atoms with E-state index in [1.165, 1.54) is 23.1 Å². The lowest BCUT2D eigenvalue weighted by atomic mass is 9.86. The Morgan fingerprint density at radius 1 is 1.35 bits per heavy atom. The first-order valence-corrected chi connectivity index (χ1v) is 7.90. The van der Waals surface area contributed by atoms with E-state index in [-0.39, 0.29) is 0 Å². The van der Waals surface area contributed by atoms with Crippen molar-refractivity contribution in [3.05, 3.63) is 45.1 Å². The van der Waals surface area contributed by atoms with E-state index in [0.717, 1.165) is 30.9 Å². The standard InChI is InChI=1S/C16H18N2OS/c1-19-16-12-9-18-6-4-15-11(5-7-20-15)14(18)8-10(12)2-3-13(16)17/h2-3,5,7,14H,4,6,8-9,17H2,1H3/t14-/m0/s1. The van der Waals surface area contributed by atoms with Gasteiger partial charge >= 0.3 is 0 Å². The molecule has 0 amide bonds. The van der Waals surface area contributed by atoms with Gasteiger partial charge in [0.1, 0.15) is 5.75 Å². The number of thiophene rings is 1. The molecule has 2 aromatic rings. The first-order chi connectivity index (χ1) is 9.78. The van der Waals surface area contributed by atoms with Gasteiger partial charge in [0, 0.05) is 29.6 Å². The number of hydrogen-bond donors (Lipinski definition) is 1. The van der Waals surface area contributed by atoms with Crippen LogP contribution in [0, 0.1) is 0 Å². The normalized spacial score (nSPS) is 20.9. The van der Waals surface area contributed by atoms with Gasteiger partial charge in [-0.25, -0.2) is 0 Å². The van der Waals surface area contributed by atoms with Crippen molar-refractivity contribution in [2.45, 2.75) is 25.4 Å². The Morgan fingerprint density at radius 3 is 3.10 bits per heavy atom. The van der Waals surface area contributed by atoms with Crippen molar-refractivity contribution in [2.75, 3.05) is 19.4 Å². The Labute approximate surface area is 123 Å². The minimum absolute atomic E-state index is 0.533. The highest BCUT2D eigenvalue weighted by molar-refractivity contribution is 7.10. The monoisotopic (exact) mass is 286 g/mol. The summed E-state index contributed by atoms with van der Waals surface area (Å²) in [7, 11) is 1.71. The van der Waals surface area contributed by atoms with Gasteiger partial charge in [0.25, 0.3) is 0 Å². The number of anilines is 1. The maximum atomic E-state index is 6.04. The van der Waals surface area contributed by atoms with Gasteiger partial charge in [-0.3, -0.25) is 4.90 Å². The highest BCUT2D eigenvalue weighted by atomic mass is 32.1. The van der Waals surface area contributed by atoms with Gasteiger partial charge in [0.15, 0.2) is 0 Å². The average molecular weight is 286 g/mol. The first-order valence-electron chi connectivity index (χ1n) is 7.02. The molecular weight excluding hydrogens is 268 g/mol. The topological polar surface area (TPSA) is 38.5 Å². The molecule has 2 N–H and O–H groups in total. The van der Waals surface area contributed by atoms with E-state index < -0.39 is 0 Å². The molecule has 0 spiro atoms. The number of nitrogen functional groups attached to an aromatic ring is 1. The van der Waals surface area contributed by atoms with Crippen LogP contribution in [-0.2, 0) is 19.4 Å². The van der Waals surface area contributed by atoms with Crippen LogP contribution in [0.2, 0.25) is 0 Å². The van der Waals surface area contributed by atoms with Gasteiger partial charge in [0.2, 0.25) is 0 Å². The second-order valence-corrected chi connectivity index (χ2v) is 6.57. The summed E-state index contributed by atoms with van der Waals surface area (Å²) in [5, 5.41) is 2.23. The quantitative estimate of drug-likeness (QED) is 0.819. The maximum Gasteiger partial charge on any atom is 0.146 e. The minimum Gasteiger partial charge on any atom is -0.494 e. The zero-order valence-corrected chi connectivity index (χ0v) is 12.4. The number of nitrogens with two attached hydrogens (primary N) is 1. The number of hydrogen-bond acceptors (Lipinski definition) is 4. The third kappa shape index (κ3) is 1.68. The predicted molar refractivity (Wildman–Crippen MR) is 82.3 cm³/mol. The molecule has 0 aliphatic carbocycles. The summed E-state index contributed by atoms with van der Waals surface area (Å²) in [5.41, 5.74) is 11.0. The third-order valence-electron chi connectivity index (χ3n) is 4.57. The smallest absolute Gasteiger partial charge is 0.146 e. The molecule has 104 valence electrons. The Morgan fingerprint density at radius 2 is 2.25 bits per heavy atom. The number of ether oxygens (including phenoxy) is 1. The molecule has 2 aliphatic rings. The van der Waals surface area contributed by atoms with Crippen molar-refractivity contribution >= 4 is 17.0 Å². The number of nitrogens with zero attached hydrogens (tertiary/aromatic N) is 1. The van der Waals surface area contributed by atoms with Crippen LogP contribution in [0.15, 0.2) is 23.6 Å². The van der Waals surface area contributed by atoms with Crippen LogP contribution in [0.25, 0.3) is 0 Å². The zero-order valence-electron chi connectivity index (χ0n) is 11.6. The highest BCUT2D eigenvalue weighted by Crippen LogP contribution is 2.43. The fraction of sp³-hybridized carbons (Fsp3) is 0.375. The second kappa shape index (κ2) is 4.50. The maximum absolute atomic E-state index is 6.04. The van der Waals surface area contributed by atoms with E-state index in [9.17, 15) is 0 Å². The van der Waals surface area contributed by atoms with Gasteiger partial charge < -0.3 is 10.5 Å². The third-order valence-corrected chi connectivity index (χ3v) is 5.57. The lowest BCUT2D eigenvalue weighted by molar-refractivity contribution is 0.160. The van der Waals surface area contributed by atoms with E-state index in [0.29, 0.717) is 6.04 Å². The van der Waals surface area contributed by atoms with Crippen LogP contribution in [0.3, 0.4) is 0 Å². The molecule has 1 aromatic carbocycles. The summed E-state index contributed by atoms with van der Waals surface area (Å²) in [6.45, 7) is 2.08. The number of fused-ring (bicyclic) bond motifs is 4. The summed E-state index contributed by atoms with van der Waals surface area (Å²) in [6.07, 6.45) is 2.24. The molecule has 0 unspecified atom stereocenters. The molecule has 3 nitrogen and oxygen atoms in total. The predicted octanol–water partition coefficient (Wildman–Crippen LogP) is 2.99. The molecule has 20 heavy (non-hydrogen) atoms. The highest BCUT2D eigenvalue weighted by Gasteiger charge is 2.34. The summed E-state index contributed by atoms with van der Waals surface area (Å²) in [6, 6.07) is 6.98. The molecule has 0 saturated carbocycles. The van der Waals surface area contributed by atoms with E-state index in [1.54, 1.807) is 12.0 Å². The lowest BCUT2D eigenvalue weighted by Gasteiger charge is -2.40. The van der Waals surface area contributed by atoms with Crippen LogP contribution in [0.4, 0.5) is 5.69 Å². The van der Waals surface area contributed by atoms with Gasteiger partial charge in [-0.2, -0.15) is 0 Å². The SMILES string of the molecule is COc1c(N)ccc2c1CN1CCc3sccc3[C@@H]1C2. The van der Waals surface area contributed by atoms with E-state index in [1.807, 2.05) is 17.4 Å². The molecule has 4 heteroatoms. The Kier molecular flexibility index (Phi) is 2.75. The molecule has 1 aromatic heterocycles. The molecule has 4 rings (SSSR count). The van der Waals surface area contributed by atoms with Crippen LogP contribution in [0.1, 0.15) is 27.6 Å². The molecule has 0 bridgehead atoms. The van der Waals surface area contributed by atoms with Gasteiger partial charge in [-0.1, -0.05) is 6.07 Å². The number of benzene rings is 1. The molecule has 0 fully saturated rings. The molecule has 1 atom stereocenters. The second-order valence-electron chi connectivity index (χ2n) is 5.57. The van der Waals surface area contributed by atoms with Crippen molar-refractivity contribution in [2.24, 2.45) is 0 Å². The van der Waals surface area contributed by atoms with Crippen molar-refractivity contribution in [3.63, 3.8) is 0 Å². The summed E-state index contributed by atoms with van der Waals surface area (Å²) < 4.78 is 5.53. The fourth-order valence-electron chi connectivity index (χ4n) is 3.58. The Hall–Kier alpha value is -1.52. The van der Waals surface area contributed by atoms with Gasteiger partial charge in [-0.05, 0) is 41.5 Å². The van der Waals surface area contributed by atoms with E-state index >= 15 is 0 Å². The van der Waals surface area contributed by atoms with E-state index in [4.69, 9.17) is 10.5 Å². The average Bonchev–Trinajstić information content (AvgIpc) is 2.94. The van der Waals surface area contributed by atoms with E-state index in [2.05, 4.69) is 22.4 Å². The van der Waals surface area contributed by atoms with Crippen molar-refractivity contribution < 1.29 is 4.74 Å². The minimum atomic E-state index is 0.533. The van der Waals surface area contributed by atoms with Crippen LogP contribution in [0.5, 0.6) is 5.75 Å². The Bertz CT molecular complexity index is 664. The Balaban J connectivity index is 1.79. The molecular formula is C16H18N2OS. The van der Waals surface area contributed by atoms with Crippen LogP contribution in [-0.4, -0.2) is 18.6 Å². The molecule has 3 heterocycles.